The van der Waals surface area contributed by atoms with E-state index in [-0.39, 0.29) is 17.9 Å². The molecule has 1 amide bonds. The lowest BCUT2D eigenvalue weighted by molar-refractivity contribution is -0.137. The normalized spacial score (nSPS) is 11.8. The van der Waals surface area contributed by atoms with Crippen LogP contribution in [0.5, 0.6) is 0 Å². The molecular formula is C17H17ClN2O4. The molecule has 0 aliphatic rings. The van der Waals surface area contributed by atoms with Gasteiger partial charge in [0.1, 0.15) is 5.69 Å². The van der Waals surface area contributed by atoms with Gasteiger partial charge in [-0.25, -0.2) is 0 Å². The summed E-state index contributed by atoms with van der Waals surface area (Å²) in [5, 5.41) is 12.2. The lowest BCUT2D eigenvalue weighted by Gasteiger charge is -2.18. The Balaban J connectivity index is 2.29. The van der Waals surface area contributed by atoms with Gasteiger partial charge in [0.25, 0.3) is 5.91 Å². The number of ketones is 1. The van der Waals surface area contributed by atoms with Crippen LogP contribution in [0.4, 0.5) is 0 Å². The van der Waals surface area contributed by atoms with Crippen molar-refractivity contribution in [2.75, 3.05) is 0 Å². The number of nitrogens with one attached hydrogen (secondary N) is 1. The fourth-order valence-electron chi connectivity index (χ4n) is 2.39. The van der Waals surface area contributed by atoms with E-state index in [1.807, 2.05) is 0 Å². The summed E-state index contributed by atoms with van der Waals surface area (Å²) in [4.78, 5) is 35.1. The van der Waals surface area contributed by atoms with Gasteiger partial charge in [0.05, 0.1) is 12.5 Å². The Bertz CT molecular complexity index is 798. The average molecular weight is 349 g/mol. The van der Waals surface area contributed by atoms with Crippen molar-refractivity contribution in [1.29, 1.82) is 0 Å². The lowest BCUT2D eigenvalue weighted by atomic mass is 10.0. The minimum atomic E-state index is -1.06. The standard InChI is InChI=1S/C17H17ClN2O4/c1-10(21)11-7-15(20(2)9-11)17(24)19-14(8-16(22)23)12-5-3-4-6-13(12)18/h3-7,9,14H,8H2,1-2H3,(H,19,24)(H,22,23). The van der Waals surface area contributed by atoms with E-state index in [1.54, 1.807) is 37.5 Å². The number of carbonyl (C=O) groups is 3. The molecule has 0 saturated carbocycles. The molecular weight excluding hydrogens is 332 g/mol. The largest absolute Gasteiger partial charge is 0.481 e. The number of nitrogens with zero attached hydrogens (tertiary/aromatic N) is 1. The molecule has 0 fully saturated rings. The third kappa shape index (κ3) is 4.02. The first-order valence-corrected chi connectivity index (χ1v) is 7.61. The van der Waals surface area contributed by atoms with E-state index in [0.717, 1.165) is 0 Å². The highest BCUT2D eigenvalue weighted by atomic mass is 35.5. The van der Waals surface area contributed by atoms with E-state index in [2.05, 4.69) is 5.32 Å². The number of benzene rings is 1. The van der Waals surface area contributed by atoms with Gasteiger partial charge in [-0.05, 0) is 24.6 Å². The smallest absolute Gasteiger partial charge is 0.305 e. The van der Waals surface area contributed by atoms with Crippen LogP contribution < -0.4 is 5.32 Å². The molecule has 1 atom stereocenters. The topological polar surface area (TPSA) is 88.4 Å². The molecule has 7 heteroatoms. The number of aliphatic carboxylic acids is 1. The van der Waals surface area contributed by atoms with Crippen LogP contribution >= 0.6 is 11.6 Å². The molecule has 6 nitrogen and oxygen atoms in total. The summed E-state index contributed by atoms with van der Waals surface area (Å²) in [6, 6.07) is 7.44. The van der Waals surface area contributed by atoms with Gasteiger partial charge in [0.2, 0.25) is 0 Å². The SMILES string of the molecule is CC(=O)c1cc(C(=O)NC(CC(=O)O)c2ccccc2Cl)n(C)c1. The maximum atomic E-state index is 12.5. The zero-order chi connectivity index (χ0) is 17.9. The molecule has 0 saturated heterocycles. The third-order valence-corrected chi connectivity index (χ3v) is 3.95. The molecule has 1 unspecified atom stereocenters. The maximum absolute atomic E-state index is 12.5. The number of rotatable bonds is 6. The minimum absolute atomic E-state index is 0.155. The van der Waals surface area contributed by atoms with Crippen molar-refractivity contribution in [1.82, 2.24) is 9.88 Å². The number of carboxylic acids is 1. The second-order valence-electron chi connectivity index (χ2n) is 5.43. The first-order valence-electron chi connectivity index (χ1n) is 7.24. The van der Waals surface area contributed by atoms with Crippen molar-refractivity contribution in [3.8, 4) is 0 Å². The quantitative estimate of drug-likeness (QED) is 0.786. The van der Waals surface area contributed by atoms with Gasteiger partial charge in [-0.3, -0.25) is 14.4 Å². The number of aromatic nitrogens is 1. The molecule has 0 bridgehead atoms. The van der Waals surface area contributed by atoms with E-state index < -0.39 is 17.9 Å². The predicted molar refractivity (Wildman–Crippen MR) is 89.3 cm³/mol. The summed E-state index contributed by atoms with van der Waals surface area (Å²) in [7, 11) is 1.64. The minimum Gasteiger partial charge on any atom is -0.481 e. The van der Waals surface area contributed by atoms with Crippen LogP contribution in [0.2, 0.25) is 5.02 Å². The van der Waals surface area contributed by atoms with Gasteiger partial charge >= 0.3 is 5.97 Å². The molecule has 1 aromatic heterocycles. The Kier molecular flexibility index (Phi) is 5.41. The van der Waals surface area contributed by atoms with Gasteiger partial charge in [-0.2, -0.15) is 0 Å². The summed E-state index contributed by atoms with van der Waals surface area (Å²) in [5.74, 6) is -1.69. The molecule has 0 spiro atoms. The summed E-state index contributed by atoms with van der Waals surface area (Å²) >= 11 is 6.11. The molecule has 0 radical (unpaired) electrons. The zero-order valence-corrected chi connectivity index (χ0v) is 14.0. The Morgan fingerprint density at radius 1 is 1.29 bits per heavy atom. The highest BCUT2D eigenvalue weighted by Gasteiger charge is 2.22. The van der Waals surface area contributed by atoms with Crippen molar-refractivity contribution in [2.45, 2.75) is 19.4 Å². The first kappa shape index (κ1) is 17.7. The van der Waals surface area contributed by atoms with Gasteiger partial charge in [0, 0.05) is 23.8 Å². The van der Waals surface area contributed by atoms with E-state index in [0.29, 0.717) is 16.1 Å². The molecule has 2 N–H and O–H groups in total. The molecule has 126 valence electrons. The van der Waals surface area contributed by atoms with Crippen molar-refractivity contribution in [3.63, 3.8) is 0 Å². The van der Waals surface area contributed by atoms with Crippen molar-refractivity contribution >= 4 is 29.3 Å². The van der Waals surface area contributed by atoms with Gasteiger partial charge in [-0.15, -0.1) is 0 Å². The average Bonchev–Trinajstić information content (AvgIpc) is 2.89. The zero-order valence-electron chi connectivity index (χ0n) is 13.2. The Morgan fingerprint density at radius 2 is 1.96 bits per heavy atom. The maximum Gasteiger partial charge on any atom is 0.305 e. The monoisotopic (exact) mass is 348 g/mol. The van der Waals surface area contributed by atoms with Gasteiger partial charge in [0.15, 0.2) is 5.78 Å². The first-order chi connectivity index (χ1) is 11.3. The molecule has 2 aromatic rings. The van der Waals surface area contributed by atoms with Crippen molar-refractivity contribution in [2.24, 2.45) is 7.05 Å². The highest BCUT2D eigenvalue weighted by molar-refractivity contribution is 6.31. The molecule has 0 aliphatic carbocycles. The predicted octanol–water partition coefficient (Wildman–Crippen LogP) is 2.83. The summed E-state index contributed by atoms with van der Waals surface area (Å²) in [6.07, 6.45) is 1.25. The Morgan fingerprint density at radius 3 is 2.50 bits per heavy atom. The third-order valence-electron chi connectivity index (χ3n) is 3.61. The van der Waals surface area contributed by atoms with E-state index in [9.17, 15) is 14.4 Å². The number of Topliss-reactive ketones (excluding diaryl/α,β-unsaturated/α-hetero) is 1. The van der Waals surface area contributed by atoms with Crippen LogP contribution in [-0.4, -0.2) is 27.3 Å². The van der Waals surface area contributed by atoms with Gasteiger partial charge < -0.3 is 15.0 Å². The van der Waals surface area contributed by atoms with Crippen LogP contribution in [0.1, 0.15) is 45.8 Å². The van der Waals surface area contributed by atoms with Crippen LogP contribution in [0, 0.1) is 0 Å². The molecule has 2 rings (SSSR count). The lowest BCUT2D eigenvalue weighted by Crippen LogP contribution is -2.31. The van der Waals surface area contributed by atoms with Crippen LogP contribution in [-0.2, 0) is 11.8 Å². The number of hydrogen-bond acceptors (Lipinski definition) is 3. The molecule has 1 aromatic carbocycles. The molecule has 24 heavy (non-hydrogen) atoms. The number of carboxylic acid groups (broad SMARTS) is 1. The fourth-order valence-corrected chi connectivity index (χ4v) is 2.65. The van der Waals surface area contributed by atoms with Crippen molar-refractivity contribution < 1.29 is 19.5 Å². The second kappa shape index (κ2) is 7.31. The number of aryl methyl sites for hydroxylation is 1. The van der Waals surface area contributed by atoms with Crippen LogP contribution in [0.3, 0.4) is 0 Å². The number of amides is 1. The van der Waals surface area contributed by atoms with Crippen LogP contribution in [0.15, 0.2) is 36.5 Å². The Hall–Kier alpha value is -2.60. The summed E-state index contributed by atoms with van der Waals surface area (Å²) in [6.45, 7) is 1.41. The molecule has 0 aliphatic heterocycles. The molecule has 1 heterocycles. The van der Waals surface area contributed by atoms with Crippen molar-refractivity contribution in [3.05, 3.63) is 58.4 Å². The fraction of sp³-hybridized carbons (Fsp3) is 0.235. The highest BCUT2D eigenvalue weighted by Crippen LogP contribution is 2.25. The second-order valence-corrected chi connectivity index (χ2v) is 5.83. The van der Waals surface area contributed by atoms with Crippen LogP contribution in [0.25, 0.3) is 0 Å². The number of hydrogen-bond donors (Lipinski definition) is 2. The number of halogens is 1. The van der Waals surface area contributed by atoms with Gasteiger partial charge in [-0.1, -0.05) is 29.8 Å². The summed E-state index contributed by atoms with van der Waals surface area (Å²) in [5.41, 5.74) is 1.20. The van der Waals surface area contributed by atoms with E-state index in [4.69, 9.17) is 16.7 Å². The number of carbonyl (C=O) groups excluding carboxylic acids is 2. The van der Waals surface area contributed by atoms with E-state index >= 15 is 0 Å². The van der Waals surface area contributed by atoms with E-state index in [1.165, 1.54) is 17.6 Å². The summed E-state index contributed by atoms with van der Waals surface area (Å²) < 4.78 is 1.52. The Labute approximate surface area is 144 Å².